The lowest BCUT2D eigenvalue weighted by molar-refractivity contribution is 0.170. The number of ether oxygens (including phenoxy) is 2. The van der Waals surface area contributed by atoms with Gasteiger partial charge in [0, 0.05) is 12.6 Å². The van der Waals surface area contributed by atoms with Crippen LogP contribution in [-0.4, -0.2) is 57.0 Å². The smallest absolute Gasteiger partial charge is 0.231 e. The number of nitrogens with zero attached hydrogens (tertiary/aromatic N) is 4. The molecule has 2 aliphatic rings. The predicted molar refractivity (Wildman–Crippen MR) is 150 cm³/mol. The number of anilines is 4. The third-order valence-electron chi connectivity index (χ3n) is 6.89. The number of benzene rings is 2. The van der Waals surface area contributed by atoms with Gasteiger partial charge in [-0.2, -0.15) is 4.98 Å². The van der Waals surface area contributed by atoms with Crippen LogP contribution in [0.3, 0.4) is 0 Å². The van der Waals surface area contributed by atoms with Gasteiger partial charge in [0.15, 0.2) is 27.2 Å². The largest absolute Gasteiger partial charge is 0.662 e. The summed E-state index contributed by atoms with van der Waals surface area (Å²) in [6, 6.07) is 8.78. The summed E-state index contributed by atoms with van der Waals surface area (Å²) in [5.41, 5.74) is 3.41. The number of nitrogens with one attached hydrogen (secondary N) is 1. The molecule has 9 nitrogen and oxygen atoms in total. The molecule has 2 aromatic carbocycles. The van der Waals surface area contributed by atoms with E-state index in [2.05, 4.69) is 33.6 Å². The maximum Gasteiger partial charge on any atom is 0.231 e. The van der Waals surface area contributed by atoms with Gasteiger partial charge in [0.05, 0.1) is 27.7 Å². The summed E-state index contributed by atoms with van der Waals surface area (Å²) in [4.78, 5) is 11.1. The van der Waals surface area contributed by atoms with Crippen LogP contribution in [0.2, 0.25) is 5.02 Å². The molecule has 1 aromatic heterocycles. The molecule has 0 aliphatic carbocycles. The van der Waals surface area contributed by atoms with Crippen molar-refractivity contribution in [3.8, 4) is 11.5 Å². The number of fused-ring (bicyclic) bond motifs is 1. The van der Waals surface area contributed by atoms with Crippen LogP contribution in [0.15, 0.2) is 41.4 Å². The van der Waals surface area contributed by atoms with Crippen molar-refractivity contribution >= 4 is 44.6 Å². The fraction of sp³-hybridized carbons (Fsp3) is 0.407. The molecule has 38 heavy (non-hydrogen) atoms. The van der Waals surface area contributed by atoms with Gasteiger partial charge in [0.25, 0.3) is 0 Å². The fourth-order valence-electron chi connectivity index (χ4n) is 4.83. The third-order valence-corrected chi connectivity index (χ3v) is 9.38. The highest BCUT2D eigenvalue weighted by molar-refractivity contribution is 7.92. The summed E-state index contributed by atoms with van der Waals surface area (Å²) in [5.74, 6) is 2.39. The molecule has 0 saturated carbocycles. The van der Waals surface area contributed by atoms with Crippen LogP contribution < -0.4 is 19.7 Å². The van der Waals surface area contributed by atoms with Crippen molar-refractivity contribution in [3.05, 3.63) is 58.0 Å². The Morgan fingerprint density at radius 2 is 1.92 bits per heavy atom. The zero-order valence-corrected chi connectivity index (χ0v) is 23.4. The van der Waals surface area contributed by atoms with Crippen molar-refractivity contribution in [1.82, 2.24) is 9.97 Å². The minimum absolute atomic E-state index is 0.184. The SMILES string of the molecule is Cc1cc(N(C)c2ncc(Cl)c(Nc3ccccc3S(=O)(=O)C(C)C)n2)c2c(c1C1CC[N-]C1)OCCO2. The zero-order chi connectivity index (χ0) is 27.0. The summed E-state index contributed by atoms with van der Waals surface area (Å²) < 4.78 is 38.1. The second-order valence-electron chi connectivity index (χ2n) is 9.74. The van der Waals surface area contributed by atoms with E-state index in [9.17, 15) is 8.42 Å². The van der Waals surface area contributed by atoms with E-state index in [-0.39, 0.29) is 9.92 Å². The fourth-order valence-corrected chi connectivity index (χ4v) is 6.17. The first-order chi connectivity index (χ1) is 18.2. The van der Waals surface area contributed by atoms with E-state index >= 15 is 0 Å². The first-order valence-corrected chi connectivity index (χ1v) is 14.5. The van der Waals surface area contributed by atoms with Gasteiger partial charge in [-0.3, -0.25) is 0 Å². The summed E-state index contributed by atoms with van der Waals surface area (Å²) in [5, 5.41) is 7.33. The summed E-state index contributed by atoms with van der Waals surface area (Å²) in [7, 11) is -1.68. The quantitative estimate of drug-likeness (QED) is 0.391. The van der Waals surface area contributed by atoms with Gasteiger partial charge in [-0.1, -0.05) is 30.2 Å². The van der Waals surface area contributed by atoms with Crippen molar-refractivity contribution in [2.24, 2.45) is 0 Å². The number of hydrogen-bond donors (Lipinski definition) is 1. The summed E-state index contributed by atoms with van der Waals surface area (Å²) in [6.07, 6.45) is 2.49. The summed E-state index contributed by atoms with van der Waals surface area (Å²) in [6.45, 7) is 7.95. The standard InChI is InChI=1S/C27H31ClN5O4S/c1-16(2)38(34,35)22-8-6-5-7-20(22)31-26-19(28)15-30-27(32-26)33(4)21-13-17(3)23(18-9-10-29-14-18)25-24(21)36-11-12-37-25/h5-8,13,15-16,18H,9-12,14H2,1-4H3,(H,30,31,32)/q-1. The third kappa shape index (κ3) is 4.88. The molecule has 202 valence electrons. The van der Waals surface area contributed by atoms with E-state index in [0.717, 1.165) is 42.1 Å². The molecule has 1 fully saturated rings. The number of hydrogen-bond acceptors (Lipinski definition) is 8. The van der Waals surface area contributed by atoms with Crippen molar-refractivity contribution in [2.75, 3.05) is 43.6 Å². The van der Waals surface area contributed by atoms with Gasteiger partial charge in [0.1, 0.15) is 18.2 Å². The number of aryl methyl sites for hydroxylation is 1. The predicted octanol–water partition coefficient (Wildman–Crippen LogP) is 5.76. The number of halogens is 1. The second kappa shape index (κ2) is 10.6. The topological polar surface area (TPSA) is 108 Å². The van der Waals surface area contributed by atoms with Crippen LogP contribution in [0.4, 0.5) is 23.1 Å². The molecule has 3 aromatic rings. The first kappa shape index (κ1) is 26.5. The van der Waals surface area contributed by atoms with Gasteiger partial charge >= 0.3 is 0 Å². The van der Waals surface area contributed by atoms with Crippen molar-refractivity contribution < 1.29 is 17.9 Å². The first-order valence-electron chi connectivity index (χ1n) is 12.6. The Labute approximate surface area is 228 Å². The lowest BCUT2D eigenvalue weighted by atomic mass is 9.91. The number of rotatable bonds is 7. The molecule has 2 aliphatic heterocycles. The van der Waals surface area contributed by atoms with E-state index in [1.54, 1.807) is 38.1 Å². The Bertz CT molecular complexity index is 1460. The maximum atomic E-state index is 12.9. The Balaban J connectivity index is 1.52. The summed E-state index contributed by atoms with van der Waals surface area (Å²) >= 11 is 6.45. The molecule has 5 rings (SSSR count). The van der Waals surface area contributed by atoms with E-state index < -0.39 is 15.1 Å². The van der Waals surface area contributed by atoms with Crippen molar-refractivity contribution in [2.45, 2.75) is 43.3 Å². The Hall–Kier alpha value is -3.08. The molecule has 3 heterocycles. The number of para-hydroxylation sites is 1. The molecule has 1 N–H and O–H groups in total. The van der Waals surface area contributed by atoms with E-state index in [4.69, 9.17) is 21.1 Å². The van der Waals surface area contributed by atoms with E-state index in [1.165, 1.54) is 6.20 Å². The Morgan fingerprint density at radius 1 is 1.18 bits per heavy atom. The molecule has 0 radical (unpaired) electrons. The Kier molecular flexibility index (Phi) is 7.39. The van der Waals surface area contributed by atoms with Crippen LogP contribution >= 0.6 is 11.6 Å². The van der Waals surface area contributed by atoms with E-state index in [1.807, 2.05) is 11.9 Å². The van der Waals surface area contributed by atoms with Crippen LogP contribution in [0.5, 0.6) is 11.5 Å². The zero-order valence-electron chi connectivity index (χ0n) is 21.9. The van der Waals surface area contributed by atoms with Crippen LogP contribution in [-0.2, 0) is 9.84 Å². The van der Waals surface area contributed by atoms with Gasteiger partial charge < -0.3 is 25.0 Å². The molecule has 1 atom stereocenters. The van der Waals surface area contributed by atoms with Crippen molar-refractivity contribution in [1.29, 1.82) is 0 Å². The maximum absolute atomic E-state index is 12.9. The van der Waals surface area contributed by atoms with Gasteiger partial charge in [0.2, 0.25) is 5.95 Å². The normalized spacial score (nSPS) is 17.1. The molecular formula is C27H31ClN5O4S-. The number of sulfone groups is 1. The van der Waals surface area contributed by atoms with Gasteiger partial charge in [-0.05, 0) is 50.5 Å². The van der Waals surface area contributed by atoms with Crippen LogP contribution in [0, 0.1) is 6.92 Å². The monoisotopic (exact) mass is 556 g/mol. The van der Waals surface area contributed by atoms with Gasteiger partial charge in [-0.15, -0.1) is 13.1 Å². The lowest BCUT2D eigenvalue weighted by Crippen LogP contribution is -2.22. The van der Waals surface area contributed by atoms with Gasteiger partial charge in [-0.25, -0.2) is 13.4 Å². The average molecular weight is 557 g/mol. The van der Waals surface area contributed by atoms with Crippen LogP contribution in [0.25, 0.3) is 5.32 Å². The van der Waals surface area contributed by atoms with Crippen LogP contribution in [0.1, 0.15) is 37.3 Å². The lowest BCUT2D eigenvalue weighted by Gasteiger charge is -2.30. The second-order valence-corrected chi connectivity index (χ2v) is 12.6. The highest BCUT2D eigenvalue weighted by Crippen LogP contribution is 2.49. The molecule has 0 amide bonds. The highest BCUT2D eigenvalue weighted by atomic mass is 35.5. The Morgan fingerprint density at radius 3 is 2.63 bits per heavy atom. The number of aromatic nitrogens is 2. The molecule has 1 unspecified atom stereocenters. The molecule has 0 spiro atoms. The molecular weight excluding hydrogens is 526 g/mol. The van der Waals surface area contributed by atoms with E-state index in [0.29, 0.717) is 42.3 Å². The minimum atomic E-state index is -3.53. The highest BCUT2D eigenvalue weighted by Gasteiger charge is 2.29. The average Bonchev–Trinajstić information content (AvgIpc) is 3.43. The molecule has 11 heteroatoms. The molecule has 0 bridgehead atoms. The molecule has 1 saturated heterocycles. The van der Waals surface area contributed by atoms with Crippen molar-refractivity contribution in [3.63, 3.8) is 0 Å². The minimum Gasteiger partial charge on any atom is -0.662 e.